The minimum Gasteiger partial charge on any atom is -0.352 e. The molecule has 3 heterocycles. The molecule has 0 radical (unpaired) electrons. The first-order valence-electron chi connectivity index (χ1n) is 10.1. The van der Waals surface area contributed by atoms with Crippen molar-refractivity contribution in [2.75, 3.05) is 29.4 Å². The molecule has 1 saturated heterocycles. The summed E-state index contributed by atoms with van der Waals surface area (Å²) in [4.78, 5) is 27.2. The lowest BCUT2D eigenvalue weighted by Crippen LogP contribution is -2.52. The van der Waals surface area contributed by atoms with Crippen LogP contribution in [0.2, 0.25) is 5.02 Å². The van der Waals surface area contributed by atoms with Crippen LogP contribution in [0, 0.1) is 0 Å². The Morgan fingerprint density at radius 1 is 1.31 bits per heavy atom. The van der Waals surface area contributed by atoms with Crippen LogP contribution in [0.4, 0.5) is 24.9 Å². The highest BCUT2D eigenvalue weighted by atomic mass is 35.5. The van der Waals surface area contributed by atoms with Gasteiger partial charge in [0.05, 0.1) is 21.6 Å². The van der Waals surface area contributed by atoms with E-state index in [2.05, 4.69) is 25.2 Å². The van der Waals surface area contributed by atoms with Crippen LogP contribution in [-0.4, -0.2) is 46.5 Å². The standard InChI is InChI=1S/C21H22ClF3N6O/c1-12-11-30(19-16(22)7-14(10-27-19)9-26-13(2)32)5-6-31(12)20-28-17-4-3-15(21(23,24)25)8-18(17)29-20/h3-4,7-8,10,12H,5-6,9,11H2,1-2H3,(H,26,32)(H,28,29)/t12-/m1/s1. The van der Waals surface area contributed by atoms with Gasteiger partial charge in [0.2, 0.25) is 11.9 Å². The average Bonchev–Trinajstić information content (AvgIpc) is 3.14. The van der Waals surface area contributed by atoms with Gasteiger partial charge in [-0.25, -0.2) is 9.97 Å². The predicted molar refractivity (Wildman–Crippen MR) is 117 cm³/mol. The smallest absolute Gasteiger partial charge is 0.352 e. The molecule has 1 fully saturated rings. The zero-order valence-corrected chi connectivity index (χ0v) is 18.3. The molecule has 1 amide bonds. The van der Waals surface area contributed by atoms with E-state index in [4.69, 9.17) is 11.6 Å². The second-order valence-corrected chi connectivity index (χ2v) is 8.24. The molecule has 2 aromatic heterocycles. The van der Waals surface area contributed by atoms with E-state index in [0.29, 0.717) is 54.0 Å². The number of amides is 1. The van der Waals surface area contributed by atoms with Gasteiger partial charge in [-0.05, 0) is 36.8 Å². The van der Waals surface area contributed by atoms with Crippen LogP contribution in [0.25, 0.3) is 11.0 Å². The Morgan fingerprint density at radius 3 is 2.75 bits per heavy atom. The Kier molecular flexibility index (Phi) is 5.89. The molecular weight excluding hydrogens is 445 g/mol. The van der Waals surface area contributed by atoms with Gasteiger partial charge in [-0.2, -0.15) is 13.2 Å². The number of aromatic nitrogens is 3. The zero-order valence-electron chi connectivity index (χ0n) is 17.5. The van der Waals surface area contributed by atoms with E-state index < -0.39 is 11.7 Å². The minimum absolute atomic E-state index is 0.0170. The van der Waals surface area contributed by atoms with Crippen LogP contribution in [0.15, 0.2) is 30.5 Å². The molecule has 3 aromatic rings. The zero-order chi connectivity index (χ0) is 23.0. The van der Waals surface area contributed by atoms with Crippen molar-refractivity contribution < 1.29 is 18.0 Å². The Morgan fingerprint density at radius 2 is 2.09 bits per heavy atom. The Balaban J connectivity index is 1.48. The number of piperazine rings is 1. The van der Waals surface area contributed by atoms with Gasteiger partial charge in [0, 0.05) is 45.3 Å². The molecule has 0 bridgehead atoms. The predicted octanol–water partition coefficient (Wildman–Crippen LogP) is 3.98. The maximum Gasteiger partial charge on any atom is 0.416 e. The third-order valence-corrected chi connectivity index (χ3v) is 5.69. The highest BCUT2D eigenvalue weighted by molar-refractivity contribution is 6.33. The lowest BCUT2D eigenvalue weighted by Gasteiger charge is -2.40. The van der Waals surface area contributed by atoms with Crippen molar-refractivity contribution in [3.8, 4) is 0 Å². The van der Waals surface area contributed by atoms with Crippen LogP contribution in [0.1, 0.15) is 25.0 Å². The molecule has 1 aromatic carbocycles. The lowest BCUT2D eigenvalue weighted by molar-refractivity contribution is -0.137. The molecule has 1 aliphatic rings. The van der Waals surface area contributed by atoms with Gasteiger partial charge in [0.25, 0.3) is 0 Å². The summed E-state index contributed by atoms with van der Waals surface area (Å²) in [6.45, 7) is 5.64. The number of alkyl halides is 3. The van der Waals surface area contributed by atoms with E-state index in [0.717, 1.165) is 17.7 Å². The second-order valence-electron chi connectivity index (χ2n) is 7.84. The molecule has 11 heteroatoms. The molecule has 170 valence electrons. The molecule has 1 aliphatic heterocycles. The highest BCUT2D eigenvalue weighted by Crippen LogP contribution is 2.32. The van der Waals surface area contributed by atoms with Crippen molar-refractivity contribution in [1.29, 1.82) is 0 Å². The molecule has 0 saturated carbocycles. The number of H-pyrrole nitrogens is 1. The van der Waals surface area contributed by atoms with Gasteiger partial charge in [0.1, 0.15) is 5.82 Å². The van der Waals surface area contributed by atoms with Crippen LogP contribution >= 0.6 is 11.6 Å². The molecule has 0 aliphatic carbocycles. The Labute approximate surface area is 187 Å². The fourth-order valence-electron chi connectivity index (χ4n) is 3.80. The van der Waals surface area contributed by atoms with Crippen molar-refractivity contribution in [3.05, 3.63) is 46.6 Å². The first-order valence-corrected chi connectivity index (χ1v) is 10.5. The number of carbonyl (C=O) groups is 1. The largest absolute Gasteiger partial charge is 0.416 e. The second kappa shape index (κ2) is 8.50. The van der Waals surface area contributed by atoms with E-state index in [1.807, 2.05) is 11.8 Å². The fourth-order valence-corrected chi connectivity index (χ4v) is 4.11. The molecular formula is C21H22ClF3N6O. The first kappa shape index (κ1) is 22.2. The van der Waals surface area contributed by atoms with Crippen molar-refractivity contribution in [1.82, 2.24) is 20.3 Å². The Bertz CT molecular complexity index is 1150. The van der Waals surface area contributed by atoms with Crippen LogP contribution in [0.5, 0.6) is 0 Å². The van der Waals surface area contributed by atoms with Crippen molar-refractivity contribution >= 4 is 40.3 Å². The van der Waals surface area contributed by atoms with Crippen molar-refractivity contribution in [3.63, 3.8) is 0 Å². The molecule has 2 N–H and O–H groups in total. The summed E-state index contributed by atoms with van der Waals surface area (Å²) >= 11 is 6.44. The summed E-state index contributed by atoms with van der Waals surface area (Å²) in [5, 5.41) is 3.21. The maximum absolute atomic E-state index is 13.0. The van der Waals surface area contributed by atoms with Gasteiger partial charge in [-0.3, -0.25) is 4.79 Å². The quantitative estimate of drug-likeness (QED) is 0.608. The lowest BCUT2D eigenvalue weighted by atomic mass is 10.2. The number of hydrogen-bond acceptors (Lipinski definition) is 5. The minimum atomic E-state index is -4.40. The SMILES string of the molecule is CC(=O)NCc1cnc(N2CCN(c3nc4ccc(C(F)(F)F)cc4[nH]3)[C@H](C)C2)c(Cl)c1. The summed E-state index contributed by atoms with van der Waals surface area (Å²) in [7, 11) is 0. The van der Waals surface area contributed by atoms with Crippen LogP contribution in [0.3, 0.4) is 0 Å². The summed E-state index contributed by atoms with van der Waals surface area (Å²) in [5.74, 6) is 1.07. The molecule has 7 nitrogen and oxygen atoms in total. The van der Waals surface area contributed by atoms with Gasteiger partial charge in [-0.1, -0.05) is 11.6 Å². The van der Waals surface area contributed by atoms with Crippen molar-refractivity contribution in [2.24, 2.45) is 0 Å². The maximum atomic E-state index is 13.0. The highest BCUT2D eigenvalue weighted by Gasteiger charge is 2.31. The van der Waals surface area contributed by atoms with Gasteiger partial charge < -0.3 is 20.1 Å². The van der Waals surface area contributed by atoms with E-state index >= 15 is 0 Å². The topological polar surface area (TPSA) is 77.2 Å². The number of imidazole rings is 1. The normalized spacial score (nSPS) is 17.1. The van der Waals surface area contributed by atoms with Crippen LogP contribution in [-0.2, 0) is 17.5 Å². The summed E-state index contributed by atoms with van der Waals surface area (Å²) in [6.07, 6.45) is -2.71. The number of hydrogen-bond donors (Lipinski definition) is 2. The van der Waals surface area contributed by atoms with Crippen LogP contribution < -0.4 is 15.1 Å². The number of aromatic amines is 1. The monoisotopic (exact) mass is 466 g/mol. The molecule has 32 heavy (non-hydrogen) atoms. The third-order valence-electron chi connectivity index (χ3n) is 5.42. The number of rotatable bonds is 4. The summed E-state index contributed by atoms with van der Waals surface area (Å²) in [6, 6.07) is 5.30. The number of nitrogens with zero attached hydrogens (tertiary/aromatic N) is 4. The number of fused-ring (bicyclic) bond motifs is 1. The first-order chi connectivity index (χ1) is 15.1. The molecule has 1 atom stereocenters. The number of pyridine rings is 1. The fraction of sp³-hybridized carbons (Fsp3) is 0.381. The van der Waals surface area contributed by atoms with Gasteiger partial charge in [0.15, 0.2) is 0 Å². The van der Waals surface area contributed by atoms with E-state index in [1.165, 1.54) is 13.0 Å². The van der Waals surface area contributed by atoms with E-state index in [-0.39, 0.29) is 11.9 Å². The number of nitrogens with one attached hydrogen (secondary N) is 2. The molecule has 0 spiro atoms. The number of halogens is 4. The van der Waals surface area contributed by atoms with E-state index in [9.17, 15) is 18.0 Å². The molecule has 4 rings (SSSR count). The van der Waals surface area contributed by atoms with Crippen molar-refractivity contribution in [2.45, 2.75) is 32.6 Å². The third kappa shape index (κ3) is 4.59. The van der Waals surface area contributed by atoms with Gasteiger partial charge >= 0.3 is 6.18 Å². The number of anilines is 2. The van der Waals surface area contributed by atoms with E-state index in [1.54, 1.807) is 12.3 Å². The summed E-state index contributed by atoms with van der Waals surface area (Å²) < 4.78 is 39.0. The van der Waals surface area contributed by atoms with Gasteiger partial charge in [-0.15, -0.1) is 0 Å². The number of carbonyl (C=O) groups excluding carboxylic acids is 1. The summed E-state index contributed by atoms with van der Waals surface area (Å²) in [5.41, 5.74) is 0.938. The number of benzene rings is 1. The average molecular weight is 467 g/mol. The molecule has 0 unspecified atom stereocenters. The Hall–Kier alpha value is -3.01.